The number of nitrogens with one attached hydrogen (secondary N) is 1. The van der Waals surface area contributed by atoms with Crippen molar-refractivity contribution in [1.29, 1.82) is 0 Å². The number of hydrogen-bond donors (Lipinski definition) is 1. The Morgan fingerprint density at radius 2 is 1.82 bits per heavy atom. The van der Waals surface area contributed by atoms with Crippen molar-refractivity contribution in [3.05, 3.63) is 98.3 Å². The average molecular weight is 498 g/mol. The van der Waals surface area contributed by atoms with E-state index in [2.05, 4.69) is 20.5 Å². The van der Waals surface area contributed by atoms with Crippen LogP contribution in [0.3, 0.4) is 0 Å². The van der Waals surface area contributed by atoms with Gasteiger partial charge in [0.15, 0.2) is 5.13 Å². The Balaban J connectivity index is 1.52. The Morgan fingerprint density at radius 1 is 1.03 bits per heavy atom. The summed E-state index contributed by atoms with van der Waals surface area (Å²) >= 11 is 13.6. The summed E-state index contributed by atoms with van der Waals surface area (Å²) in [6.07, 6.45) is 0. The molecular weight excluding hydrogens is 485 g/mol. The van der Waals surface area contributed by atoms with Gasteiger partial charge in [0, 0.05) is 16.7 Å². The van der Waals surface area contributed by atoms with Crippen molar-refractivity contribution in [3.63, 3.8) is 0 Å². The second-order valence-corrected chi connectivity index (χ2v) is 8.86. The SMILES string of the molecule is O=[N+]([O-])c1ccc(-c2nnc(C(Nc3nc4ccccc4s3)c3ccc(Cl)cc3)o2)cc1Cl. The number of benzene rings is 3. The third-order valence-corrected chi connectivity index (χ3v) is 6.37. The van der Waals surface area contributed by atoms with Crippen molar-refractivity contribution in [3.8, 4) is 11.5 Å². The molecular formula is C22H13Cl2N5O3S. The van der Waals surface area contributed by atoms with E-state index in [-0.39, 0.29) is 16.6 Å². The lowest BCUT2D eigenvalue weighted by molar-refractivity contribution is -0.384. The first-order chi connectivity index (χ1) is 16.0. The molecule has 5 rings (SSSR count). The number of nitro groups is 1. The molecule has 2 heterocycles. The van der Waals surface area contributed by atoms with Gasteiger partial charge >= 0.3 is 0 Å². The van der Waals surface area contributed by atoms with Gasteiger partial charge in [-0.15, -0.1) is 10.2 Å². The summed E-state index contributed by atoms with van der Waals surface area (Å²) in [6.45, 7) is 0. The standard InChI is InChI=1S/C22H13Cl2N5O3S/c23-14-8-5-12(6-9-14)19(26-22-25-16-3-1-2-4-18(16)33-22)21-28-27-20(32-21)13-7-10-17(29(30)31)15(24)11-13/h1-11,19H,(H,25,26). The minimum absolute atomic E-state index is 0.0147. The minimum atomic E-state index is -0.552. The number of anilines is 1. The van der Waals surface area contributed by atoms with E-state index in [0.717, 1.165) is 15.8 Å². The van der Waals surface area contributed by atoms with Crippen molar-refractivity contribution < 1.29 is 9.34 Å². The number of para-hydroxylation sites is 1. The Kier molecular flexibility index (Phi) is 5.67. The number of nitro benzene ring substituents is 1. The average Bonchev–Trinajstić information content (AvgIpc) is 3.45. The molecule has 3 aromatic carbocycles. The lowest BCUT2D eigenvalue weighted by Gasteiger charge is -2.15. The van der Waals surface area contributed by atoms with Gasteiger partial charge in [-0.2, -0.15) is 0 Å². The van der Waals surface area contributed by atoms with E-state index < -0.39 is 11.0 Å². The minimum Gasteiger partial charge on any atom is -0.418 e. The molecule has 1 unspecified atom stereocenters. The maximum atomic E-state index is 11.0. The fourth-order valence-corrected chi connectivity index (χ4v) is 4.53. The summed E-state index contributed by atoms with van der Waals surface area (Å²) in [4.78, 5) is 15.1. The summed E-state index contributed by atoms with van der Waals surface area (Å²) < 4.78 is 6.99. The molecule has 0 radical (unpaired) electrons. The summed E-state index contributed by atoms with van der Waals surface area (Å²) in [6, 6.07) is 18.8. The normalized spacial score (nSPS) is 12.1. The van der Waals surface area contributed by atoms with Crippen molar-refractivity contribution in [1.82, 2.24) is 15.2 Å². The number of halogens is 2. The topological polar surface area (TPSA) is 107 Å². The largest absolute Gasteiger partial charge is 0.418 e. The van der Waals surface area contributed by atoms with Crippen LogP contribution < -0.4 is 5.32 Å². The van der Waals surface area contributed by atoms with Crippen LogP contribution in [0.5, 0.6) is 0 Å². The molecule has 0 aliphatic rings. The van der Waals surface area contributed by atoms with E-state index in [1.165, 1.54) is 29.5 Å². The van der Waals surface area contributed by atoms with Gasteiger partial charge in [0.25, 0.3) is 5.69 Å². The predicted molar refractivity (Wildman–Crippen MR) is 128 cm³/mol. The number of rotatable bonds is 6. The van der Waals surface area contributed by atoms with Crippen LogP contribution in [-0.4, -0.2) is 20.1 Å². The highest BCUT2D eigenvalue weighted by Gasteiger charge is 2.24. The van der Waals surface area contributed by atoms with Crippen molar-refractivity contribution in [2.24, 2.45) is 0 Å². The van der Waals surface area contributed by atoms with Crippen molar-refractivity contribution in [2.45, 2.75) is 6.04 Å². The zero-order chi connectivity index (χ0) is 22.9. The quantitative estimate of drug-likeness (QED) is 0.204. The molecule has 0 saturated carbocycles. The molecule has 0 saturated heterocycles. The zero-order valence-electron chi connectivity index (χ0n) is 16.6. The second kappa shape index (κ2) is 8.78. The molecule has 8 nitrogen and oxygen atoms in total. The smallest absolute Gasteiger partial charge is 0.287 e. The van der Waals surface area contributed by atoms with Crippen LogP contribution in [0.2, 0.25) is 10.0 Å². The number of aromatic nitrogens is 3. The maximum Gasteiger partial charge on any atom is 0.287 e. The van der Waals surface area contributed by atoms with E-state index in [4.69, 9.17) is 27.6 Å². The third-order valence-electron chi connectivity index (χ3n) is 4.84. The van der Waals surface area contributed by atoms with Crippen LogP contribution in [0.15, 0.2) is 71.1 Å². The lowest BCUT2D eigenvalue weighted by atomic mass is 10.1. The van der Waals surface area contributed by atoms with Crippen LogP contribution in [-0.2, 0) is 0 Å². The van der Waals surface area contributed by atoms with Crippen LogP contribution in [0, 0.1) is 10.1 Å². The van der Waals surface area contributed by atoms with Gasteiger partial charge in [-0.05, 0) is 42.0 Å². The molecule has 0 bridgehead atoms. The van der Waals surface area contributed by atoms with Crippen LogP contribution >= 0.6 is 34.5 Å². The molecule has 0 aliphatic carbocycles. The zero-order valence-corrected chi connectivity index (χ0v) is 18.9. The number of nitrogens with zero attached hydrogens (tertiary/aromatic N) is 4. The fraction of sp³-hybridized carbons (Fsp3) is 0.0455. The second-order valence-electron chi connectivity index (χ2n) is 6.98. The highest BCUT2D eigenvalue weighted by molar-refractivity contribution is 7.22. The molecule has 164 valence electrons. The molecule has 5 aromatic rings. The summed E-state index contributed by atoms with van der Waals surface area (Å²) in [5.41, 5.74) is 2.00. The van der Waals surface area contributed by atoms with E-state index in [1.54, 1.807) is 12.1 Å². The van der Waals surface area contributed by atoms with Gasteiger partial charge in [-0.1, -0.05) is 58.8 Å². The highest BCUT2D eigenvalue weighted by Crippen LogP contribution is 2.34. The third kappa shape index (κ3) is 4.38. The fourth-order valence-electron chi connectivity index (χ4n) is 3.26. The monoisotopic (exact) mass is 497 g/mol. The summed E-state index contributed by atoms with van der Waals surface area (Å²) in [7, 11) is 0. The van der Waals surface area contributed by atoms with Crippen LogP contribution in [0.1, 0.15) is 17.5 Å². The van der Waals surface area contributed by atoms with Gasteiger partial charge < -0.3 is 9.73 Å². The van der Waals surface area contributed by atoms with E-state index >= 15 is 0 Å². The first-order valence-electron chi connectivity index (χ1n) is 9.63. The molecule has 1 atom stereocenters. The molecule has 2 aromatic heterocycles. The molecule has 0 fully saturated rings. The Morgan fingerprint density at radius 3 is 2.55 bits per heavy atom. The maximum absolute atomic E-state index is 11.0. The van der Waals surface area contributed by atoms with Crippen LogP contribution in [0.4, 0.5) is 10.8 Å². The molecule has 33 heavy (non-hydrogen) atoms. The van der Waals surface area contributed by atoms with E-state index in [1.807, 2.05) is 36.4 Å². The van der Waals surface area contributed by atoms with Crippen molar-refractivity contribution >= 4 is 55.6 Å². The first kappa shape index (κ1) is 21.3. The van der Waals surface area contributed by atoms with Gasteiger partial charge in [0.1, 0.15) is 11.1 Å². The summed E-state index contributed by atoms with van der Waals surface area (Å²) in [5.74, 6) is 0.480. The van der Waals surface area contributed by atoms with Gasteiger partial charge in [0.05, 0.1) is 15.1 Å². The van der Waals surface area contributed by atoms with Crippen LogP contribution in [0.25, 0.3) is 21.7 Å². The molecule has 0 spiro atoms. The van der Waals surface area contributed by atoms with Gasteiger partial charge in [-0.25, -0.2) is 4.98 Å². The number of fused-ring (bicyclic) bond motifs is 1. The van der Waals surface area contributed by atoms with Gasteiger partial charge in [0.2, 0.25) is 11.8 Å². The Labute approximate surface area is 201 Å². The highest BCUT2D eigenvalue weighted by atomic mass is 35.5. The molecule has 0 aliphatic heterocycles. The number of thiazole rings is 1. The first-order valence-corrected chi connectivity index (χ1v) is 11.2. The van der Waals surface area contributed by atoms with Gasteiger partial charge in [-0.3, -0.25) is 10.1 Å². The van der Waals surface area contributed by atoms with E-state index in [9.17, 15) is 10.1 Å². The molecule has 11 heteroatoms. The van der Waals surface area contributed by atoms with E-state index in [0.29, 0.717) is 21.6 Å². The predicted octanol–water partition coefficient (Wildman–Crippen LogP) is 6.76. The molecule has 1 N–H and O–H groups in total. The molecule has 0 amide bonds. The Bertz CT molecular complexity index is 1440. The lowest BCUT2D eigenvalue weighted by Crippen LogP contribution is -2.12. The number of hydrogen-bond acceptors (Lipinski definition) is 8. The Hall–Kier alpha value is -3.53. The van der Waals surface area contributed by atoms with Crippen molar-refractivity contribution in [2.75, 3.05) is 5.32 Å². The summed E-state index contributed by atoms with van der Waals surface area (Å²) in [5, 5.41) is 24.0.